The van der Waals surface area contributed by atoms with Crippen molar-refractivity contribution in [2.75, 3.05) is 25.2 Å². The van der Waals surface area contributed by atoms with E-state index in [1.807, 2.05) is 6.92 Å². The molecule has 1 heterocycles. The minimum atomic E-state index is -0.402. The van der Waals surface area contributed by atoms with Crippen LogP contribution in [-0.2, 0) is 4.74 Å². The third kappa shape index (κ3) is 2.92. The quantitative estimate of drug-likeness (QED) is 0.794. The summed E-state index contributed by atoms with van der Waals surface area (Å²) in [5.41, 5.74) is 1.12. The number of Topliss-reactive ketones (excluding diaryl/α,β-unsaturated/α-hetero) is 1. The highest BCUT2D eigenvalue weighted by Crippen LogP contribution is 2.31. The first-order valence-electron chi connectivity index (χ1n) is 6.83. The van der Waals surface area contributed by atoms with E-state index in [-0.39, 0.29) is 5.78 Å². The Balaban J connectivity index is 2.22. The molecule has 108 valence electrons. The summed E-state index contributed by atoms with van der Waals surface area (Å²) >= 11 is 0. The van der Waals surface area contributed by atoms with Gasteiger partial charge in [-0.2, -0.15) is 0 Å². The summed E-state index contributed by atoms with van der Waals surface area (Å²) in [6.45, 7) is 2.79. The van der Waals surface area contributed by atoms with E-state index in [1.165, 1.54) is 4.90 Å². The molecule has 0 atom stereocenters. The molecule has 1 aromatic carbocycles. The van der Waals surface area contributed by atoms with E-state index in [1.54, 1.807) is 25.3 Å². The van der Waals surface area contributed by atoms with Crippen LogP contribution in [0.5, 0.6) is 5.75 Å². The predicted octanol–water partition coefficient (Wildman–Crippen LogP) is 3.02. The molecule has 1 aliphatic rings. The molecule has 20 heavy (non-hydrogen) atoms. The van der Waals surface area contributed by atoms with Gasteiger partial charge in [0.25, 0.3) is 0 Å². The van der Waals surface area contributed by atoms with Gasteiger partial charge in [0.1, 0.15) is 5.75 Å². The fraction of sp³-hybridized carbons (Fsp3) is 0.467. The van der Waals surface area contributed by atoms with E-state index < -0.39 is 6.09 Å². The maximum Gasteiger partial charge on any atom is 0.414 e. The van der Waals surface area contributed by atoms with Crippen molar-refractivity contribution >= 4 is 17.6 Å². The maximum atomic E-state index is 12.1. The minimum absolute atomic E-state index is 0.0419. The number of rotatable bonds is 4. The van der Waals surface area contributed by atoms with Crippen LogP contribution in [0.15, 0.2) is 18.2 Å². The summed E-state index contributed by atoms with van der Waals surface area (Å²) in [6, 6.07) is 5.12. The number of carbonyl (C=O) groups is 2. The van der Waals surface area contributed by atoms with Crippen LogP contribution in [0.4, 0.5) is 10.5 Å². The SMILES string of the molecule is CCCCOC(=O)N1CCC(=O)c2ccc(OC)cc21. The van der Waals surface area contributed by atoms with Crippen molar-refractivity contribution in [2.45, 2.75) is 26.2 Å². The molecule has 0 saturated heterocycles. The summed E-state index contributed by atoms with van der Waals surface area (Å²) in [7, 11) is 1.55. The topological polar surface area (TPSA) is 55.8 Å². The van der Waals surface area contributed by atoms with E-state index in [0.717, 1.165) is 12.8 Å². The van der Waals surface area contributed by atoms with Gasteiger partial charge >= 0.3 is 6.09 Å². The van der Waals surface area contributed by atoms with Gasteiger partial charge in [0.15, 0.2) is 5.78 Å². The Hall–Kier alpha value is -2.04. The molecule has 0 saturated carbocycles. The van der Waals surface area contributed by atoms with Gasteiger partial charge in [-0.1, -0.05) is 13.3 Å². The van der Waals surface area contributed by atoms with Crippen molar-refractivity contribution in [1.29, 1.82) is 0 Å². The minimum Gasteiger partial charge on any atom is -0.497 e. The molecule has 5 heteroatoms. The van der Waals surface area contributed by atoms with E-state index in [2.05, 4.69) is 0 Å². The van der Waals surface area contributed by atoms with Gasteiger partial charge in [0.05, 0.1) is 19.4 Å². The van der Waals surface area contributed by atoms with Crippen molar-refractivity contribution in [2.24, 2.45) is 0 Å². The Bertz CT molecular complexity index is 513. The summed E-state index contributed by atoms with van der Waals surface area (Å²) in [5.74, 6) is 0.657. The maximum absolute atomic E-state index is 12.1. The highest BCUT2D eigenvalue weighted by molar-refractivity contribution is 6.07. The van der Waals surface area contributed by atoms with Gasteiger partial charge in [-0.05, 0) is 18.6 Å². The van der Waals surface area contributed by atoms with Gasteiger partial charge in [-0.3, -0.25) is 9.69 Å². The average molecular weight is 277 g/mol. The molecular weight excluding hydrogens is 258 g/mol. The second-order valence-electron chi connectivity index (χ2n) is 4.68. The first-order chi connectivity index (χ1) is 9.67. The van der Waals surface area contributed by atoms with Crippen LogP contribution in [0.3, 0.4) is 0 Å². The molecule has 0 radical (unpaired) electrons. The molecule has 1 aliphatic heterocycles. The van der Waals surface area contributed by atoms with E-state index in [0.29, 0.717) is 36.6 Å². The summed E-state index contributed by atoms with van der Waals surface area (Å²) in [5, 5.41) is 0. The van der Waals surface area contributed by atoms with E-state index >= 15 is 0 Å². The number of benzene rings is 1. The number of methoxy groups -OCH3 is 1. The Labute approximate surface area is 118 Å². The number of carbonyl (C=O) groups excluding carboxylic acids is 2. The highest BCUT2D eigenvalue weighted by Gasteiger charge is 2.28. The average Bonchev–Trinajstić information content (AvgIpc) is 2.47. The molecule has 2 rings (SSSR count). The number of hydrogen-bond acceptors (Lipinski definition) is 4. The first kappa shape index (κ1) is 14.4. The third-order valence-electron chi connectivity index (χ3n) is 3.30. The zero-order chi connectivity index (χ0) is 14.5. The zero-order valence-corrected chi connectivity index (χ0v) is 11.8. The van der Waals surface area contributed by atoms with Crippen LogP contribution in [0.2, 0.25) is 0 Å². The normalized spacial score (nSPS) is 13.9. The van der Waals surface area contributed by atoms with Gasteiger partial charge in [0, 0.05) is 24.6 Å². The lowest BCUT2D eigenvalue weighted by Gasteiger charge is -2.28. The lowest BCUT2D eigenvalue weighted by Crippen LogP contribution is -2.38. The number of unbranched alkanes of at least 4 members (excludes halogenated alkanes) is 1. The van der Waals surface area contributed by atoms with Crippen LogP contribution in [-0.4, -0.2) is 32.1 Å². The largest absolute Gasteiger partial charge is 0.497 e. The number of hydrogen-bond donors (Lipinski definition) is 0. The van der Waals surface area contributed by atoms with Gasteiger partial charge in [-0.25, -0.2) is 4.79 Å². The molecule has 5 nitrogen and oxygen atoms in total. The van der Waals surface area contributed by atoms with Crippen LogP contribution >= 0.6 is 0 Å². The third-order valence-corrected chi connectivity index (χ3v) is 3.30. The Morgan fingerprint density at radius 2 is 2.20 bits per heavy atom. The van der Waals surface area contributed by atoms with Crippen molar-refractivity contribution < 1.29 is 19.1 Å². The molecule has 0 spiro atoms. The molecule has 1 amide bonds. The fourth-order valence-corrected chi connectivity index (χ4v) is 2.14. The second kappa shape index (κ2) is 6.41. The summed E-state index contributed by atoms with van der Waals surface area (Å²) in [6.07, 6.45) is 1.72. The summed E-state index contributed by atoms with van der Waals surface area (Å²) < 4.78 is 10.4. The van der Waals surface area contributed by atoms with Crippen molar-refractivity contribution in [3.8, 4) is 5.75 Å². The molecular formula is C15H19NO4. The molecule has 0 unspecified atom stereocenters. The van der Waals surface area contributed by atoms with Crippen molar-refractivity contribution in [1.82, 2.24) is 0 Å². The van der Waals surface area contributed by atoms with Crippen molar-refractivity contribution in [3.63, 3.8) is 0 Å². The monoisotopic (exact) mass is 277 g/mol. The second-order valence-corrected chi connectivity index (χ2v) is 4.68. The lowest BCUT2D eigenvalue weighted by atomic mass is 10.0. The van der Waals surface area contributed by atoms with E-state index in [9.17, 15) is 9.59 Å². The lowest BCUT2D eigenvalue weighted by molar-refractivity contribution is 0.0978. The van der Waals surface area contributed by atoms with Crippen molar-refractivity contribution in [3.05, 3.63) is 23.8 Å². The molecule has 0 N–H and O–H groups in total. The number of ether oxygens (including phenoxy) is 2. The molecule has 0 bridgehead atoms. The number of fused-ring (bicyclic) bond motifs is 1. The first-order valence-corrected chi connectivity index (χ1v) is 6.83. The van der Waals surface area contributed by atoms with Gasteiger partial charge < -0.3 is 9.47 Å². The molecule has 0 aliphatic carbocycles. The number of ketones is 1. The smallest absolute Gasteiger partial charge is 0.414 e. The molecule has 0 aromatic heterocycles. The van der Waals surface area contributed by atoms with Gasteiger partial charge in [0.2, 0.25) is 0 Å². The van der Waals surface area contributed by atoms with Crippen LogP contribution in [0.25, 0.3) is 0 Å². The van der Waals surface area contributed by atoms with E-state index in [4.69, 9.17) is 9.47 Å². The highest BCUT2D eigenvalue weighted by atomic mass is 16.6. The van der Waals surface area contributed by atoms with Crippen LogP contribution < -0.4 is 9.64 Å². The molecule has 1 aromatic rings. The number of nitrogens with zero attached hydrogens (tertiary/aromatic N) is 1. The predicted molar refractivity (Wildman–Crippen MR) is 75.5 cm³/mol. The van der Waals surface area contributed by atoms with Gasteiger partial charge in [-0.15, -0.1) is 0 Å². The number of anilines is 1. The van der Waals surface area contributed by atoms with Crippen LogP contribution in [0.1, 0.15) is 36.5 Å². The fourth-order valence-electron chi connectivity index (χ4n) is 2.14. The zero-order valence-electron chi connectivity index (χ0n) is 11.8. The van der Waals surface area contributed by atoms with Crippen LogP contribution in [0, 0.1) is 0 Å². The number of amides is 1. The molecule has 0 fully saturated rings. The Morgan fingerprint density at radius 1 is 1.40 bits per heavy atom. The summed E-state index contributed by atoms with van der Waals surface area (Å²) in [4.78, 5) is 25.5. The Kier molecular flexibility index (Phi) is 4.61. The Morgan fingerprint density at radius 3 is 2.90 bits per heavy atom. The standard InChI is InChI=1S/C15H19NO4/c1-3-4-9-20-15(18)16-8-7-14(17)12-6-5-11(19-2)10-13(12)16/h5-6,10H,3-4,7-9H2,1-2H3.